The summed E-state index contributed by atoms with van der Waals surface area (Å²) in [5.74, 6) is -2.49. The summed E-state index contributed by atoms with van der Waals surface area (Å²) >= 11 is 0. The number of rotatable bonds is 8. The number of sulfone groups is 2. The first-order chi connectivity index (χ1) is 17.3. The summed E-state index contributed by atoms with van der Waals surface area (Å²) in [6.45, 7) is -1.99. The van der Waals surface area contributed by atoms with E-state index in [1.165, 1.54) is 0 Å². The number of alkyl halides is 12. The Morgan fingerprint density at radius 2 is 0.692 bits per heavy atom. The second kappa shape index (κ2) is 10.8. The van der Waals surface area contributed by atoms with Gasteiger partial charge in [-0.1, -0.05) is 0 Å². The highest BCUT2D eigenvalue weighted by atomic mass is 32.2. The fraction of sp³-hybridized carbons (Fsp3) is 0.400. The van der Waals surface area contributed by atoms with Crippen LogP contribution in [-0.4, -0.2) is 41.6 Å². The van der Waals surface area contributed by atoms with Crippen molar-refractivity contribution in [3.05, 3.63) is 58.7 Å². The van der Waals surface area contributed by atoms with Gasteiger partial charge in [-0.25, -0.2) is 16.8 Å². The Hall–Kier alpha value is -2.54. The van der Waals surface area contributed by atoms with Crippen LogP contribution in [-0.2, 0) is 49.1 Å². The van der Waals surface area contributed by atoms with Crippen molar-refractivity contribution in [2.45, 2.75) is 34.5 Å². The predicted octanol–water partition coefficient (Wildman–Crippen LogP) is 6.03. The molecule has 0 aromatic heterocycles. The highest BCUT2D eigenvalue weighted by Crippen LogP contribution is 2.38. The molecule has 39 heavy (non-hydrogen) atoms. The third-order valence-electron chi connectivity index (χ3n) is 4.83. The fourth-order valence-electron chi connectivity index (χ4n) is 2.89. The zero-order chi connectivity index (χ0) is 30.2. The summed E-state index contributed by atoms with van der Waals surface area (Å²) in [5, 5.41) is 0. The first-order valence-electron chi connectivity index (χ1n) is 9.96. The van der Waals surface area contributed by atoms with Gasteiger partial charge in [0.15, 0.2) is 19.7 Å². The van der Waals surface area contributed by atoms with Crippen molar-refractivity contribution < 1.29 is 74.3 Å². The molecule has 220 valence electrons. The summed E-state index contributed by atoms with van der Waals surface area (Å²) in [6, 6.07) is -0.833. The molecule has 0 fully saturated rings. The van der Waals surface area contributed by atoms with E-state index in [0.717, 1.165) is 0 Å². The van der Waals surface area contributed by atoms with E-state index in [1.807, 2.05) is 0 Å². The molecule has 0 unspecified atom stereocenters. The van der Waals surface area contributed by atoms with Gasteiger partial charge < -0.3 is 4.74 Å². The van der Waals surface area contributed by atoms with E-state index in [1.54, 1.807) is 0 Å². The minimum atomic E-state index is -5.34. The lowest BCUT2D eigenvalue weighted by Crippen LogP contribution is -2.19. The van der Waals surface area contributed by atoms with E-state index in [0.29, 0.717) is 0 Å². The Morgan fingerprint density at radius 3 is 0.897 bits per heavy atom. The Kier molecular flexibility index (Phi) is 9.04. The zero-order valence-electron chi connectivity index (χ0n) is 18.7. The average Bonchev–Trinajstić information content (AvgIpc) is 2.75. The molecule has 2 aromatic rings. The Labute approximate surface area is 212 Å². The molecule has 2 aromatic carbocycles. The van der Waals surface area contributed by atoms with Crippen LogP contribution in [0, 0.1) is 0 Å². The summed E-state index contributed by atoms with van der Waals surface area (Å²) in [6.07, 6.45) is -21.4. The number of hydrogen-bond acceptors (Lipinski definition) is 5. The second-order valence-corrected chi connectivity index (χ2v) is 12.0. The molecule has 0 atom stereocenters. The van der Waals surface area contributed by atoms with Gasteiger partial charge >= 0.3 is 24.7 Å². The maximum absolute atomic E-state index is 12.9. The average molecular weight is 626 g/mol. The van der Waals surface area contributed by atoms with Crippen molar-refractivity contribution in [2.24, 2.45) is 0 Å². The number of halogens is 12. The first-order valence-corrected chi connectivity index (χ1v) is 13.3. The van der Waals surface area contributed by atoms with Crippen molar-refractivity contribution in [3.63, 3.8) is 0 Å². The molecule has 0 bridgehead atoms. The minimum absolute atomic E-state index is 0.0547. The van der Waals surface area contributed by atoms with E-state index >= 15 is 0 Å². The first kappa shape index (κ1) is 32.7. The lowest BCUT2D eigenvalue weighted by Gasteiger charge is -2.15. The van der Waals surface area contributed by atoms with Crippen molar-refractivity contribution in [2.75, 3.05) is 24.7 Å². The van der Waals surface area contributed by atoms with E-state index in [9.17, 15) is 69.5 Å². The van der Waals surface area contributed by atoms with Gasteiger partial charge in [0.2, 0.25) is 0 Å². The number of hydrogen-bond donors (Lipinski definition) is 0. The van der Waals surface area contributed by atoms with E-state index in [2.05, 4.69) is 0 Å². The van der Waals surface area contributed by atoms with Gasteiger partial charge in [0, 0.05) is 0 Å². The SMILES string of the molecule is O=S(=O)(CCOCCS(=O)(=O)c1cc(C(F)(F)F)cc(C(F)(F)F)c1)c1cc(C(F)(F)F)cc(C(F)(F)F)c1. The van der Waals surface area contributed by atoms with Crippen LogP contribution in [0.25, 0.3) is 0 Å². The normalized spacial score (nSPS) is 14.1. The molecule has 0 N–H and O–H groups in total. The highest BCUT2D eigenvalue weighted by molar-refractivity contribution is 7.91. The number of benzene rings is 2. The van der Waals surface area contributed by atoms with Crippen LogP contribution in [0.3, 0.4) is 0 Å². The van der Waals surface area contributed by atoms with Gasteiger partial charge in [0.05, 0.1) is 56.8 Å². The van der Waals surface area contributed by atoms with Crippen LogP contribution in [0.4, 0.5) is 52.7 Å². The molecule has 0 spiro atoms. The van der Waals surface area contributed by atoms with Gasteiger partial charge in [0.1, 0.15) is 0 Å². The standard InChI is InChI=1S/C20H14F12O5S2/c21-17(22,23)11-5-12(18(24,25)26)8-15(7-11)38(33,34)3-1-37-2-4-39(35,36)16-9-13(19(27,28)29)6-14(10-16)20(30,31)32/h5-10H,1-4H2. The molecule has 0 saturated carbocycles. The lowest BCUT2D eigenvalue weighted by molar-refractivity contribution is -0.145. The topological polar surface area (TPSA) is 77.5 Å². The monoisotopic (exact) mass is 626 g/mol. The maximum Gasteiger partial charge on any atom is 0.416 e. The Morgan fingerprint density at radius 1 is 0.462 bits per heavy atom. The molecule has 19 heteroatoms. The molecule has 0 amide bonds. The molecule has 0 saturated heterocycles. The van der Waals surface area contributed by atoms with Crippen molar-refractivity contribution >= 4 is 19.7 Å². The molecule has 0 heterocycles. The van der Waals surface area contributed by atoms with E-state index in [4.69, 9.17) is 4.74 Å². The third-order valence-corrected chi connectivity index (χ3v) is 8.15. The van der Waals surface area contributed by atoms with Crippen LogP contribution >= 0.6 is 0 Å². The van der Waals surface area contributed by atoms with Crippen LogP contribution in [0.5, 0.6) is 0 Å². The van der Waals surface area contributed by atoms with Gasteiger partial charge in [-0.15, -0.1) is 0 Å². The molecule has 2 rings (SSSR count). The quantitative estimate of drug-likeness (QED) is 0.265. The molecule has 5 nitrogen and oxygen atoms in total. The second-order valence-electron chi connectivity index (χ2n) is 7.73. The molecule has 0 radical (unpaired) electrons. The van der Waals surface area contributed by atoms with Gasteiger partial charge in [0.25, 0.3) is 0 Å². The fourth-order valence-corrected chi connectivity index (χ4v) is 5.26. The van der Waals surface area contributed by atoms with Crippen LogP contribution in [0.15, 0.2) is 46.2 Å². The van der Waals surface area contributed by atoms with Crippen LogP contribution in [0.2, 0.25) is 0 Å². The van der Waals surface area contributed by atoms with E-state index in [-0.39, 0.29) is 36.4 Å². The summed E-state index contributed by atoms with van der Waals surface area (Å²) in [7, 11) is -9.72. The largest absolute Gasteiger partial charge is 0.416 e. The summed E-state index contributed by atoms with van der Waals surface area (Å²) in [5.41, 5.74) is -7.66. The maximum atomic E-state index is 12.9. The summed E-state index contributed by atoms with van der Waals surface area (Å²) < 4.78 is 209. The molecule has 0 aliphatic carbocycles. The highest BCUT2D eigenvalue weighted by Gasteiger charge is 2.39. The Balaban J connectivity index is 2.17. The molecular formula is C20H14F12O5S2. The predicted molar refractivity (Wildman–Crippen MR) is 108 cm³/mol. The van der Waals surface area contributed by atoms with Crippen molar-refractivity contribution in [1.29, 1.82) is 0 Å². The molecular weight excluding hydrogens is 612 g/mol. The summed E-state index contributed by atoms with van der Waals surface area (Å²) in [4.78, 5) is -2.74. The van der Waals surface area contributed by atoms with Crippen LogP contribution < -0.4 is 0 Å². The zero-order valence-corrected chi connectivity index (χ0v) is 20.3. The van der Waals surface area contributed by atoms with Gasteiger partial charge in [-0.05, 0) is 36.4 Å². The Bertz CT molecular complexity index is 1230. The van der Waals surface area contributed by atoms with Gasteiger partial charge in [-0.3, -0.25) is 0 Å². The van der Waals surface area contributed by atoms with Crippen LogP contribution in [0.1, 0.15) is 22.3 Å². The van der Waals surface area contributed by atoms with E-state index < -0.39 is 101 Å². The minimum Gasteiger partial charge on any atom is -0.379 e. The molecule has 0 aliphatic rings. The van der Waals surface area contributed by atoms with Gasteiger partial charge in [-0.2, -0.15) is 52.7 Å². The lowest BCUT2D eigenvalue weighted by atomic mass is 10.1. The molecule has 0 aliphatic heterocycles. The third kappa shape index (κ3) is 8.72. The smallest absolute Gasteiger partial charge is 0.379 e. The number of ether oxygens (including phenoxy) is 1. The van der Waals surface area contributed by atoms with Crippen molar-refractivity contribution in [3.8, 4) is 0 Å². The van der Waals surface area contributed by atoms with Crippen molar-refractivity contribution in [1.82, 2.24) is 0 Å².